The SMILES string of the molecule is COCCN(C)Cc1ccc(OC)c(OCC(O)CN2CCN(C)CC2)c1. The molecule has 0 radical (unpaired) electrons. The van der Waals surface area contributed by atoms with Crippen molar-refractivity contribution in [1.29, 1.82) is 0 Å². The molecule has 1 saturated heterocycles. The van der Waals surface area contributed by atoms with E-state index in [4.69, 9.17) is 14.2 Å². The number of piperazine rings is 1. The van der Waals surface area contributed by atoms with Gasteiger partial charge in [-0.05, 0) is 31.8 Å². The highest BCUT2D eigenvalue weighted by atomic mass is 16.5. The number of aliphatic hydroxyl groups is 1. The Hall–Kier alpha value is -1.38. The highest BCUT2D eigenvalue weighted by molar-refractivity contribution is 5.43. The number of likely N-dealkylation sites (N-methyl/N-ethyl adjacent to an activating group) is 2. The van der Waals surface area contributed by atoms with E-state index in [0.29, 0.717) is 24.7 Å². The Morgan fingerprint density at radius 1 is 1.15 bits per heavy atom. The third kappa shape index (κ3) is 7.63. The quantitative estimate of drug-likeness (QED) is 0.607. The summed E-state index contributed by atoms with van der Waals surface area (Å²) in [6, 6.07) is 5.95. The van der Waals surface area contributed by atoms with E-state index >= 15 is 0 Å². The molecule has 1 aromatic carbocycles. The molecule has 1 fully saturated rings. The smallest absolute Gasteiger partial charge is 0.161 e. The van der Waals surface area contributed by atoms with Gasteiger partial charge in [0.05, 0.1) is 13.7 Å². The Morgan fingerprint density at radius 2 is 1.89 bits per heavy atom. The molecule has 7 heteroatoms. The van der Waals surface area contributed by atoms with Crippen LogP contribution in [0.4, 0.5) is 0 Å². The number of ether oxygens (including phenoxy) is 3. The van der Waals surface area contributed by atoms with Crippen LogP contribution in [-0.2, 0) is 11.3 Å². The van der Waals surface area contributed by atoms with Gasteiger partial charge in [0.25, 0.3) is 0 Å². The molecule has 0 aromatic heterocycles. The van der Waals surface area contributed by atoms with E-state index < -0.39 is 6.10 Å². The second-order valence-corrected chi connectivity index (χ2v) is 7.28. The van der Waals surface area contributed by atoms with Crippen molar-refractivity contribution >= 4 is 0 Å². The summed E-state index contributed by atoms with van der Waals surface area (Å²) in [6.07, 6.45) is -0.522. The topological polar surface area (TPSA) is 57.6 Å². The number of hydrogen-bond acceptors (Lipinski definition) is 7. The molecule has 1 aliphatic rings. The molecule has 0 amide bonds. The Bertz CT molecular complexity index is 550. The molecule has 0 spiro atoms. The zero-order chi connectivity index (χ0) is 19.6. The van der Waals surface area contributed by atoms with Crippen molar-refractivity contribution in [2.45, 2.75) is 12.6 Å². The summed E-state index contributed by atoms with van der Waals surface area (Å²) in [5.41, 5.74) is 1.14. The third-order valence-corrected chi connectivity index (χ3v) is 4.85. The summed E-state index contributed by atoms with van der Waals surface area (Å²) in [5.74, 6) is 1.36. The summed E-state index contributed by atoms with van der Waals surface area (Å²) in [5, 5.41) is 10.4. The molecule has 0 saturated carbocycles. The maximum atomic E-state index is 10.4. The fourth-order valence-corrected chi connectivity index (χ4v) is 3.14. The van der Waals surface area contributed by atoms with Crippen LogP contribution < -0.4 is 9.47 Å². The highest BCUT2D eigenvalue weighted by Gasteiger charge is 2.18. The van der Waals surface area contributed by atoms with Crippen LogP contribution in [0, 0.1) is 0 Å². The molecule has 1 unspecified atom stereocenters. The number of aliphatic hydroxyl groups excluding tert-OH is 1. The summed E-state index contributed by atoms with van der Waals surface area (Å²) >= 11 is 0. The van der Waals surface area contributed by atoms with E-state index in [1.54, 1.807) is 14.2 Å². The van der Waals surface area contributed by atoms with Gasteiger partial charge in [-0.2, -0.15) is 0 Å². The lowest BCUT2D eigenvalue weighted by atomic mass is 10.2. The lowest BCUT2D eigenvalue weighted by Crippen LogP contribution is -2.47. The molecule has 2 rings (SSSR count). The van der Waals surface area contributed by atoms with Gasteiger partial charge in [-0.3, -0.25) is 9.80 Å². The maximum absolute atomic E-state index is 10.4. The van der Waals surface area contributed by atoms with Gasteiger partial charge in [0.2, 0.25) is 0 Å². The normalized spacial score (nSPS) is 17.3. The van der Waals surface area contributed by atoms with Gasteiger partial charge in [-0.1, -0.05) is 6.07 Å². The van der Waals surface area contributed by atoms with Crippen LogP contribution in [0.5, 0.6) is 11.5 Å². The molecule has 154 valence electrons. The predicted octanol–water partition coefficient (Wildman–Crippen LogP) is 0.761. The van der Waals surface area contributed by atoms with Crippen LogP contribution in [-0.4, -0.2) is 107 Å². The minimum Gasteiger partial charge on any atom is -0.493 e. The second kappa shape index (κ2) is 11.5. The first-order valence-electron chi connectivity index (χ1n) is 9.58. The number of hydrogen-bond donors (Lipinski definition) is 1. The summed E-state index contributed by atoms with van der Waals surface area (Å²) < 4.78 is 16.4. The molecule has 27 heavy (non-hydrogen) atoms. The molecule has 1 heterocycles. The van der Waals surface area contributed by atoms with Gasteiger partial charge >= 0.3 is 0 Å². The average molecular weight is 382 g/mol. The number of nitrogens with zero attached hydrogens (tertiary/aromatic N) is 3. The largest absolute Gasteiger partial charge is 0.493 e. The Labute approximate surface area is 163 Å². The molecular formula is C20H35N3O4. The predicted molar refractivity (Wildman–Crippen MR) is 107 cm³/mol. The van der Waals surface area contributed by atoms with Crippen molar-refractivity contribution in [3.8, 4) is 11.5 Å². The Morgan fingerprint density at radius 3 is 2.56 bits per heavy atom. The zero-order valence-corrected chi connectivity index (χ0v) is 17.2. The number of rotatable bonds is 11. The van der Waals surface area contributed by atoms with Crippen LogP contribution in [0.3, 0.4) is 0 Å². The first-order chi connectivity index (χ1) is 13.0. The minimum absolute atomic E-state index is 0.256. The highest BCUT2D eigenvalue weighted by Crippen LogP contribution is 2.28. The molecule has 1 N–H and O–H groups in total. The van der Waals surface area contributed by atoms with Crippen molar-refractivity contribution in [2.24, 2.45) is 0 Å². The minimum atomic E-state index is -0.522. The lowest BCUT2D eigenvalue weighted by Gasteiger charge is -2.33. The van der Waals surface area contributed by atoms with Gasteiger partial charge in [-0.25, -0.2) is 0 Å². The van der Waals surface area contributed by atoms with Gasteiger partial charge < -0.3 is 24.2 Å². The fourth-order valence-electron chi connectivity index (χ4n) is 3.14. The van der Waals surface area contributed by atoms with Gasteiger partial charge in [0.1, 0.15) is 12.7 Å². The fraction of sp³-hybridized carbons (Fsp3) is 0.700. The first-order valence-corrected chi connectivity index (χ1v) is 9.58. The van der Waals surface area contributed by atoms with E-state index in [2.05, 4.69) is 28.8 Å². The molecule has 1 atom stereocenters. The summed E-state index contributed by atoms with van der Waals surface area (Å²) in [4.78, 5) is 6.78. The van der Waals surface area contributed by atoms with E-state index in [1.807, 2.05) is 18.2 Å². The summed E-state index contributed by atoms with van der Waals surface area (Å²) in [6.45, 7) is 7.31. The van der Waals surface area contributed by atoms with Crippen LogP contribution >= 0.6 is 0 Å². The zero-order valence-electron chi connectivity index (χ0n) is 17.2. The number of benzene rings is 1. The third-order valence-electron chi connectivity index (χ3n) is 4.85. The van der Waals surface area contributed by atoms with Crippen LogP contribution in [0.25, 0.3) is 0 Å². The van der Waals surface area contributed by atoms with E-state index in [0.717, 1.165) is 44.8 Å². The molecule has 7 nitrogen and oxygen atoms in total. The first kappa shape index (κ1) is 21.9. The van der Waals surface area contributed by atoms with E-state index in [-0.39, 0.29) is 6.61 Å². The van der Waals surface area contributed by atoms with Crippen LogP contribution in [0.15, 0.2) is 18.2 Å². The number of methoxy groups -OCH3 is 2. The number of β-amino-alcohol motifs (C(OH)–C–C–N with tert-alkyl or cyclic N) is 1. The molecule has 0 aliphatic carbocycles. The monoisotopic (exact) mass is 381 g/mol. The standard InChI is InChI=1S/C20H35N3O4/c1-21-7-9-23(10-8-21)15-18(24)16-27-20-13-17(5-6-19(20)26-4)14-22(2)11-12-25-3/h5-6,13,18,24H,7-12,14-16H2,1-4H3. The van der Waals surface area contributed by atoms with Gasteiger partial charge in [-0.15, -0.1) is 0 Å². The molecule has 1 aliphatic heterocycles. The molecule has 0 bridgehead atoms. The van der Waals surface area contributed by atoms with Crippen LogP contribution in [0.1, 0.15) is 5.56 Å². The Balaban J connectivity index is 1.86. The molecular weight excluding hydrogens is 346 g/mol. The maximum Gasteiger partial charge on any atom is 0.161 e. The van der Waals surface area contributed by atoms with Crippen molar-refractivity contribution < 1.29 is 19.3 Å². The Kier molecular flexibility index (Phi) is 9.30. The van der Waals surface area contributed by atoms with Crippen molar-refractivity contribution in [1.82, 2.24) is 14.7 Å². The van der Waals surface area contributed by atoms with E-state index in [9.17, 15) is 5.11 Å². The van der Waals surface area contributed by atoms with Crippen molar-refractivity contribution in [3.63, 3.8) is 0 Å². The van der Waals surface area contributed by atoms with Crippen molar-refractivity contribution in [3.05, 3.63) is 23.8 Å². The lowest BCUT2D eigenvalue weighted by molar-refractivity contribution is 0.0497. The average Bonchev–Trinajstić information content (AvgIpc) is 2.66. The van der Waals surface area contributed by atoms with Gasteiger partial charge in [0, 0.05) is 52.9 Å². The second-order valence-electron chi connectivity index (χ2n) is 7.28. The van der Waals surface area contributed by atoms with Gasteiger partial charge in [0.15, 0.2) is 11.5 Å². The van der Waals surface area contributed by atoms with Crippen molar-refractivity contribution in [2.75, 3.05) is 80.8 Å². The van der Waals surface area contributed by atoms with Crippen LogP contribution in [0.2, 0.25) is 0 Å². The summed E-state index contributed by atoms with van der Waals surface area (Å²) in [7, 11) is 7.53. The van der Waals surface area contributed by atoms with E-state index in [1.165, 1.54) is 0 Å². The molecule has 1 aromatic rings.